The van der Waals surface area contributed by atoms with Crippen molar-refractivity contribution in [2.24, 2.45) is 4.99 Å². The van der Waals surface area contributed by atoms with Crippen molar-refractivity contribution in [3.05, 3.63) is 52.9 Å². The smallest absolute Gasteiger partial charge is 0.325 e. The number of hydrogen-bond acceptors (Lipinski definition) is 5. The van der Waals surface area contributed by atoms with E-state index >= 15 is 0 Å². The Kier molecular flexibility index (Phi) is 4.67. The average molecular weight is 353 g/mol. The first kappa shape index (κ1) is 17.5. The summed E-state index contributed by atoms with van der Waals surface area (Å²) in [5.74, 6) is -0.148. The molecule has 0 saturated heterocycles. The van der Waals surface area contributed by atoms with Crippen LogP contribution in [0.4, 0.5) is 0 Å². The van der Waals surface area contributed by atoms with E-state index in [1.807, 2.05) is 26.0 Å². The number of hydrogen-bond donors (Lipinski definition) is 2. The van der Waals surface area contributed by atoms with Crippen LogP contribution >= 0.6 is 0 Å². The lowest BCUT2D eigenvalue weighted by Crippen LogP contribution is -2.10. The first-order valence-corrected chi connectivity index (χ1v) is 8.04. The van der Waals surface area contributed by atoms with E-state index in [2.05, 4.69) is 4.99 Å². The van der Waals surface area contributed by atoms with Gasteiger partial charge < -0.3 is 19.4 Å². The van der Waals surface area contributed by atoms with E-state index in [-0.39, 0.29) is 12.3 Å². The second-order valence-electron chi connectivity index (χ2n) is 6.05. The molecule has 6 nitrogen and oxygen atoms in total. The molecule has 2 aromatic carbocycles. The number of aromatic hydroxyl groups is 1. The zero-order valence-electron chi connectivity index (χ0n) is 14.7. The molecule has 0 aliphatic carbocycles. The van der Waals surface area contributed by atoms with Crippen molar-refractivity contribution in [3.63, 3.8) is 0 Å². The SMILES string of the molecule is COc1cc(-c2cc(=NCC(=O)O)c3cc(C)cc(C)c3o2)ccc1O. The summed E-state index contributed by atoms with van der Waals surface area (Å²) in [4.78, 5) is 15.2. The van der Waals surface area contributed by atoms with E-state index in [9.17, 15) is 9.90 Å². The first-order chi connectivity index (χ1) is 12.4. The van der Waals surface area contributed by atoms with Crippen LogP contribution in [0.1, 0.15) is 11.1 Å². The quantitative estimate of drug-likeness (QED) is 0.750. The van der Waals surface area contributed by atoms with Crippen LogP contribution in [-0.4, -0.2) is 29.8 Å². The molecule has 3 rings (SSSR count). The number of phenols is 1. The number of aryl methyl sites for hydroxylation is 2. The summed E-state index contributed by atoms with van der Waals surface area (Å²) >= 11 is 0. The number of ether oxygens (including phenoxy) is 1. The largest absolute Gasteiger partial charge is 0.504 e. The van der Waals surface area contributed by atoms with E-state index in [1.54, 1.807) is 18.2 Å². The maximum atomic E-state index is 11.0. The summed E-state index contributed by atoms with van der Waals surface area (Å²) < 4.78 is 11.2. The van der Waals surface area contributed by atoms with Crippen LogP contribution < -0.4 is 10.1 Å². The third-order valence-electron chi connectivity index (χ3n) is 4.02. The molecule has 0 fully saturated rings. The molecule has 0 unspecified atom stereocenters. The molecule has 6 heteroatoms. The van der Waals surface area contributed by atoms with Gasteiger partial charge in [0.15, 0.2) is 11.5 Å². The van der Waals surface area contributed by atoms with Crippen molar-refractivity contribution in [2.75, 3.05) is 13.7 Å². The lowest BCUT2D eigenvalue weighted by Gasteiger charge is -2.10. The summed E-state index contributed by atoms with van der Waals surface area (Å²) in [7, 11) is 1.47. The molecule has 2 N–H and O–H groups in total. The van der Waals surface area contributed by atoms with E-state index in [1.165, 1.54) is 13.2 Å². The zero-order chi connectivity index (χ0) is 18.8. The minimum absolute atomic E-state index is 0.0274. The summed E-state index contributed by atoms with van der Waals surface area (Å²) in [6.07, 6.45) is 0. The number of carboxylic acids is 1. The summed E-state index contributed by atoms with van der Waals surface area (Å²) in [5, 5.41) is 20.1. The fraction of sp³-hybridized carbons (Fsp3) is 0.200. The second-order valence-corrected chi connectivity index (χ2v) is 6.05. The normalized spacial score (nSPS) is 11.7. The Morgan fingerprint density at radius 1 is 1.19 bits per heavy atom. The Morgan fingerprint density at radius 3 is 2.65 bits per heavy atom. The van der Waals surface area contributed by atoms with E-state index in [0.29, 0.717) is 28.0 Å². The number of carbonyl (C=O) groups is 1. The minimum Gasteiger partial charge on any atom is -0.504 e. The number of benzene rings is 2. The molecule has 134 valence electrons. The third kappa shape index (κ3) is 3.39. The maximum absolute atomic E-state index is 11.0. The molecule has 3 aromatic rings. The highest BCUT2D eigenvalue weighted by Crippen LogP contribution is 2.32. The van der Waals surface area contributed by atoms with Crippen LogP contribution in [0.25, 0.3) is 22.3 Å². The standard InChI is InChI=1S/C20H19NO5/c1-11-6-12(2)20-14(7-11)15(21-10-19(23)24)9-17(26-20)13-4-5-16(22)18(8-13)25-3/h4-9,22H,10H2,1-3H3,(H,23,24). The minimum atomic E-state index is -1.00. The van der Waals surface area contributed by atoms with E-state index in [4.69, 9.17) is 14.3 Å². The molecule has 0 spiro atoms. The molecular weight excluding hydrogens is 334 g/mol. The molecular formula is C20H19NO5. The Balaban J connectivity index is 2.31. The van der Waals surface area contributed by atoms with Gasteiger partial charge in [-0.2, -0.15) is 0 Å². The molecule has 26 heavy (non-hydrogen) atoms. The van der Waals surface area contributed by atoms with Crippen LogP contribution in [0.2, 0.25) is 0 Å². The van der Waals surface area contributed by atoms with Crippen LogP contribution in [0.5, 0.6) is 11.5 Å². The number of methoxy groups -OCH3 is 1. The van der Waals surface area contributed by atoms with Crippen molar-refractivity contribution < 1.29 is 24.2 Å². The molecule has 1 heterocycles. The van der Waals surface area contributed by atoms with Gasteiger partial charge in [-0.25, -0.2) is 0 Å². The van der Waals surface area contributed by atoms with E-state index in [0.717, 1.165) is 16.5 Å². The Morgan fingerprint density at radius 2 is 1.96 bits per heavy atom. The van der Waals surface area contributed by atoms with Crippen molar-refractivity contribution >= 4 is 16.9 Å². The molecule has 1 aromatic heterocycles. The fourth-order valence-electron chi connectivity index (χ4n) is 2.88. The van der Waals surface area contributed by atoms with Gasteiger partial charge in [0.25, 0.3) is 0 Å². The maximum Gasteiger partial charge on any atom is 0.325 e. The highest BCUT2D eigenvalue weighted by molar-refractivity contribution is 5.82. The van der Waals surface area contributed by atoms with E-state index < -0.39 is 5.97 Å². The predicted molar refractivity (Wildman–Crippen MR) is 97.4 cm³/mol. The molecule has 0 aliphatic rings. The summed E-state index contributed by atoms with van der Waals surface area (Å²) in [6.45, 7) is 3.57. The Labute approximate surface area is 150 Å². The van der Waals surface area contributed by atoms with Gasteiger partial charge >= 0.3 is 5.97 Å². The fourth-order valence-corrected chi connectivity index (χ4v) is 2.88. The van der Waals surface area contributed by atoms with Crippen LogP contribution in [0.3, 0.4) is 0 Å². The van der Waals surface area contributed by atoms with Gasteiger partial charge in [0.1, 0.15) is 17.9 Å². The van der Waals surface area contributed by atoms with Crippen LogP contribution in [-0.2, 0) is 4.79 Å². The summed E-state index contributed by atoms with van der Waals surface area (Å²) in [6, 6.07) is 10.5. The summed E-state index contributed by atoms with van der Waals surface area (Å²) in [5.41, 5.74) is 3.30. The Bertz CT molecular complexity index is 1070. The average Bonchev–Trinajstić information content (AvgIpc) is 2.60. The number of nitrogens with zero attached hydrogens (tertiary/aromatic N) is 1. The molecule has 0 aliphatic heterocycles. The number of fused-ring (bicyclic) bond motifs is 1. The van der Waals surface area contributed by atoms with Crippen molar-refractivity contribution in [1.82, 2.24) is 0 Å². The van der Waals surface area contributed by atoms with Crippen LogP contribution in [0, 0.1) is 13.8 Å². The highest BCUT2D eigenvalue weighted by Gasteiger charge is 2.11. The first-order valence-electron chi connectivity index (χ1n) is 8.04. The number of carboxylic acid groups (broad SMARTS) is 1. The van der Waals surface area contributed by atoms with Crippen molar-refractivity contribution in [3.8, 4) is 22.8 Å². The number of rotatable bonds is 4. The zero-order valence-corrected chi connectivity index (χ0v) is 14.7. The highest BCUT2D eigenvalue weighted by atomic mass is 16.5. The van der Waals surface area contributed by atoms with Gasteiger partial charge in [0.05, 0.1) is 12.5 Å². The van der Waals surface area contributed by atoms with Crippen LogP contribution in [0.15, 0.2) is 45.8 Å². The van der Waals surface area contributed by atoms with Gasteiger partial charge in [-0.15, -0.1) is 0 Å². The van der Waals surface area contributed by atoms with Gasteiger partial charge in [-0.05, 0) is 49.2 Å². The Hall–Kier alpha value is -3.28. The number of phenolic OH excluding ortho intramolecular Hbond substituents is 1. The third-order valence-corrected chi connectivity index (χ3v) is 4.02. The molecule has 0 bridgehead atoms. The second kappa shape index (κ2) is 6.92. The predicted octanol–water partition coefficient (Wildman–Crippen LogP) is 3.42. The lowest BCUT2D eigenvalue weighted by atomic mass is 10.1. The monoisotopic (exact) mass is 353 g/mol. The topological polar surface area (TPSA) is 92.3 Å². The molecule has 0 atom stereocenters. The lowest BCUT2D eigenvalue weighted by molar-refractivity contribution is -0.135. The van der Waals surface area contributed by atoms with Gasteiger partial charge in [-0.3, -0.25) is 9.79 Å². The molecule has 0 radical (unpaired) electrons. The van der Waals surface area contributed by atoms with Crippen molar-refractivity contribution in [1.29, 1.82) is 0 Å². The van der Waals surface area contributed by atoms with Gasteiger partial charge in [0, 0.05) is 17.0 Å². The molecule has 0 amide bonds. The molecule has 0 saturated carbocycles. The number of aliphatic carboxylic acids is 1. The van der Waals surface area contributed by atoms with Crippen molar-refractivity contribution in [2.45, 2.75) is 13.8 Å². The van der Waals surface area contributed by atoms with Gasteiger partial charge in [0.2, 0.25) is 0 Å². The van der Waals surface area contributed by atoms with Gasteiger partial charge in [-0.1, -0.05) is 6.07 Å².